The Kier molecular flexibility index (Phi) is 6.75. The van der Waals surface area contributed by atoms with Crippen LogP contribution in [0.2, 0.25) is 0 Å². The molecular weight excluding hydrogens is 332 g/mol. The molecule has 0 saturated heterocycles. The van der Waals surface area contributed by atoms with Crippen molar-refractivity contribution in [3.8, 4) is 0 Å². The zero-order valence-corrected chi connectivity index (χ0v) is 12.0. The number of aromatic nitrogens is 4. The lowest BCUT2D eigenvalue weighted by Gasteiger charge is -2.22. The van der Waals surface area contributed by atoms with Gasteiger partial charge >= 0.3 is 11.4 Å². The topological polar surface area (TPSA) is 233 Å². The van der Waals surface area contributed by atoms with Crippen LogP contribution in [0, 0.1) is 0 Å². The number of H-pyrrole nitrogens is 4. The maximum Gasteiger partial charge on any atom is 0.327 e. The van der Waals surface area contributed by atoms with Crippen LogP contribution in [0.5, 0.6) is 0 Å². The van der Waals surface area contributed by atoms with E-state index in [1.165, 1.54) is 0 Å². The van der Waals surface area contributed by atoms with Crippen LogP contribution in [0.15, 0.2) is 14.4 Å². The van der Waals surface area contributed by atoms with Gasteiger partial charge in [0.25, 0.3) is 5.56 Å². The number of hydrogen-bond donors (Lipinski definition) is 9. The van der Waals surface area contributed by atoms with Gasteiger partial charge < -0.3 is 30.3 Å². The highest BCUT2D eigenvalue weighted by Crippen LogP contribution is 2.02. The third kappa shape index (κ3) is 4.71. The smallest absolute Gasteiger partial charge is 0.327 e. The lowest BCUT2D eigenvalue weighted by molar-refractivity contribution is -0.136. The summed E-state index contributed by atoms with van der Waals surface area (Å²) in [6, 6.07) is 0. The lowest BCUT2D eigenvalue weighted by atomic mass is 10.0. The largest absolute Gasteiger partial charge is 0.394 e. The molecule has 13 nitrogen and oxygen atoms in total. The number of aliphatic hydroxyl groups is 5. The van der Waals surface area contributed by atoms with Gasteiger partial charge in [-0.3, -0.25) is 24.7 Å². The Morgan fingerprint density at radius 1 is 0.875 bits per heavy atom. The molecule has 13 heteroatoms. The minimum Gasteiger partial charge on any atom is -0.394 e. The molecule has 0 aliphatic carbocycles. The average Bonchev–Trinajstić information content (AvgIpc) is 2.93. The Bertz CT molecular complexity index is 834. The second-order valence-electron chi connectivity index (χ2n) is 4.60. The second-order valence-corrected chi connectivity index (χ2v) is 4.60. The first-order valence-electron chi connectivity index (χ1n) is 6.44. The molecule has 0 bridgehead atoms. The number of imidazole rings is 1. The molecule has 2 heterocycles. The minimum atomic E-state index is -1.79. The van der Waals surface area contributed by atoms with Crippen molar-refractivity contribution in [2.45, 2.75) is 24.4 Å². The van der Waals surface area contributed by atoms with Crippen LogP contribution in [0.4, 0.5) is 0 Å². The van der Waals surface area contributed by atoms with E-state index in [2.05, 4.69) is 15.0 Å². The van der Waals surface area contributed by atoms with Crippen LogP contribution < -0.4 is 16.9 Å². The number of fused-ring (bicyclic) bond motifs is 1. The Morgan fingerprint density at radius 3 is 1.92 bits per heavy atom. The number of hydrogen-bond acceptors (Lipinski definition) is 9. The SMILES string of the molecule is O=C[C@H](O)[C@H](O)[C@@H](O)[C@H](O)CO.O=c1[nH]c(=O)c2[nH]c(=O)[nH]c2[nH]1. The summed E-state index contributed by atoms with van der Waals surface area (Å²) < 4.78 is 0. The normalized spacial score (nSPS) is 15.9. The summed E-state index contributed by atoms with van der Waals surface area (Å²) in [7, 11) is 0. The van der Waals surface area contributed by atoms with Crippen molar-refractivity contribution in [1.29, 1.82) is 0 Å². The van der Waals surface area contributed by atoms with Crippen LogP contribution >= 0.6 is 0 Å². The quantitative estimate of drug-likeness (QED) is 0.235. The predicted molar refractivity (Wildman–Crippen MR) is 77.3 cm³/mol. The molecule has 4 atom stereocenters. The molecule has 134 valence electrons. The average molecular weight is 348 g/mol. The molecule has 2 aromatic rings. The summed E-state index contributed by atoms with van der Waals surface area (Å²) in [6.07, 6.45) is -6.84. The van der Waals surface area contributed by atoms with Crippen molar-refractivity contribution in [3.63, 3.8) is 0 Å². The van der Waals surface area contributed by atoms with Gasteiger partial charge in [-0.15, -0.1) is 0 Å². The number of aliphatic hydroxyl groups excluding tert-OH is 5. The molecule has 0 aliphatic heterocycles. The van der Waals surface area contributed by atoms with E-state index < -0.39 is 48.0 Å². The highest BCUT2D eigenvalue weighted by atomic mass is 16.4. The molecule has 0 saturated carbocycles. The number of nitrogens with one attached hydrogen (secondary N) is 4. The summed E-state index contributed by atoms with van der Waals surface area (Å²) in [5, 5.41) is 43.5. The van der Waals surface area contributed by atoms with E-state index in [0.29, 0.717) is 0 Å². The monoisotopic (exact) mass is 348 g/mol. The van der Waals surface area contributed by atoms with Crippen LogP contribution in [0.3, 0.4) is 0 Å². The van der Waals surface area contributed by atoms with E-state index in [1.807, 2.05) is 4.98 Å². The standard InChI is InChI=1S/C6H12O6.C5H4N4O3/c7-1-3(9)5(11)6(12)4(10)2-8;10-3-1-2(7-4(11)6-1)8-5(12)9-3/h1,3-6,8-12H,2H2;(H4,6,7,8,9,10,11,12)/t3-,4+,5-,6-;/m0./s1. The Labute approximate surface area is 131 Å². The van der Waals surface area contributed by atoms with E-state index >= 15 is 0 Å². The van der Waals surface area contributed by atoms with Crippen LogP contribution in [-0.2, 0) is 4.79 Å². The predicted octanol–water partition coefficient (Wildman–Crippen LogP) is -5.15. The van der Waals surface area contributed by atoms with Gasteiger partial charge in [0.2, 0.25) is 0 Å². The molecule has 2 aromatic heterocycles. The fourth-order valence-electron chi connectivity index (χ4n) is 1.58. The maximum absolute atomic E-state index is 10.9. The molecule has 24 heavy (non-hydrogen) atoms. The summed E-state index contributed by atoms with van der Waals surface area (Å²) in [5.74, 6) is 0. The molecule has 0 spiro atoms. The van der Waals surface area contributed by atoms with Gasteiger partial charge in [0, 0.05) is 0 Å². The van der Waals surface area contributed by atoms with Crippen LogP contribution in [0.1, 0.15) is 0 Å². The Balaban J connectivity index is 0.000000240. The van der Waals surface area contributed by atoms with E-state index in [-0.39, 0.29) is 17.5 Å². The van der Waals surface area contributed by atoms with Crippen LogP contribution in [-0.4, -0.2) is 82.8 Å². The first kappa shape index (κ1) is 19.5. The van der Waals surface area contributed by atoms with Crippen molar-refractivity contribution in [2.75, 3.05) is 6.61 Å². The van der Waals surface area contributed by atoms with Crippen molar-refractivity contribution in [1.82, 2.24) is 19.9 Å². The maximum atomic E-state index is 10.9. The minimum absolute atomic E-state index is 0.0258. The third-order valence-corrected chi connectivity index (χ3v) is 2.84. The summed E-state index contributed by atoms with van der Waals surface area (Å²) in [5.41, 5.74) is -1.65. The fraction of sp³-hybridized carbons (Fsp3) is 0.455. The number of carbonyl (C=O) groups excluding carboxylic acids is 1. The number of aldehydes is 1. The molecule has 2 rings (SSSR count). The lowest BCUT2D eigenvalue weighted by Crippen LogP contribution is -2.46. The highest BCUT2D eigenvalue weighted by molar-refractivity contribution is 5.67. The molecule has 9 N–H and O–H groups in total. The van der Waals surface area contributed by atoms with Gasteiger partial charge in [0.05, 0.1) is 6.61 Å². The molecule has 0 fully saturated rings. The van der Waals surface area contributed by atoms with Gasteiger partial charge in [-0.1, -0.05) is 0 Å². The molecule has 0 amide bonds. The number of rotatable bonds is 5. The molecule has 0 aromatic carbocycles. The highest BCUT2D eigenvalue weighted by Gasteiger charge is 2.29. The Morgan fingerprint density at radius 2 is 1.42 bits per heavy atom. The molecule has 0 aliphatic rings. The number of carbonyl (C=O) groups is 1. The van der Waals surface area contributed by atoms with Gasteiger partial charge in [-0.25, -0.2) is 9.59 Å². The van der Waals surface area contributed by atoms with E-state index in [1.54, 1.807) is 0 Å². The van der Waals surface area contributed by atoms with Crippen LogP contribution in [0.25, 0.3) is 11.2 Å². The number of aromatic amines is 4. The first-order chi connectivity index (χ1) is 11.2. The van der Waals surface area contributed by atoms with E-state index in [0.717, 1.165) is 0 Å². The zero-order chi connectivity index (χ0) is 18.4. The van der Waals surface area contributed by atoms with Crippen molar-refractivity contribution in [3.05, 3.63) is 31.3 Å². The van der Waals surface area contributed by atoms with Gasteiger partial charge in [-0.05, 0) is 0 Å². The fourth-order valence-corrected chi connectivity index (χ4v) is 1.58. The summed E-state index contributed by atoms with van der Waals surface area (Å²) in [6.45, 7) is -0.760. The first-order valence-corrected chi connectivity index (χ1v) is 6.44. The summed E-state index contributed by atoms with van der Waals surface area (Å²) >= 11 is 0. The van der Waals surface area contributed by atoms with Gasteiger partial charge in [0.1, 0.15) is 35.6 Å². The van der Waals surface area contributed by atoms with Gasteiger partial charge in [-0.2, -0.15) is 0 Å². The zero-order valence-electron chi connectivity index (χ0n) is 12.0. The van der Waals surface area contributed by atoms with Crippen molar-refractivity contribution < 1.29 is 30.3 Å². The third-order valence-electron chi connectivity index (χ3n) is 2.84. The summed E-state index contributed by atoms with van der Waals surface area (Å²) in [4.78, 5) is 50.9. The molecule has 0 radical (unpaired) electrons. The van der Waals surface area contributed by atoms with Crippen molar-refractivity contribution in [2.24, 2.45) is 0 Å². The van der Waals surface area contributed by atoms with E-state index in [4.69, 9.17) is 25.5 Å². The van der Waals surface area contributed by atoms with Crippen molar-refractivity contribution >= 4 is 17.5 Å². The second kappa shape index (κ2) is 8.32. The molecule has 0 unspecified atom stereocenters. The molecular formula is C11H16N4O9. The van der Waals surface area contributed by atoms with Gasteiger partial charge in [0.15, 0.2) is 6.29 Å². The Hall–Kier alpha value is -2.58. The van der Waals surface area contributed by atoms with E-state index in [9.17, 15) is 19.2 Å².